The maximum absolute atomic E-state index is 13.5. The standard InChI is InChI=1S/C23H27BrFNO3S/c1-2-3-13-29-23(27)20-8-5-11-26(20)12-14-28-21-10-9-17(24)15-22(21)30-19-7-4-6-18(25)16-19/h4,6-7,9-10,15-16,20H,2-3,5,8,11-14H2,1H3. The van der Waals surface area contributed by atoms with E-state index in [1.54, 1.807) is 6.07 Å². The number of hydrogen-bond acceptors (Lipinski definition) is 5. The lowest BCUT2D eigenvalue weighted by Crippen LogP contribution is -2.39. The van der Waals surface area contributed by atoms with Crippen molar-refractivity contribution in [3.8, 4) is 5.75 Å². The quantitative estimate of drug-likeness (QED) is 0.301. The Morgan fingerprint density at radius 2 is 2.13 bits per heavy atom. The molecule has 0 radical (unpaired) electrons. The molecular formula is C23H27BrFNO3S. The van der Waals surface area contributed by atoms with Gasteiger partial charge in [0.2, 0.25) is 0 Å². The van der Waals surface area contributed by atoms with Gasteiger partial charge in [-0.1, -0.05) is 47.1 Å². The molecule has 1 fully saturated rings. The van der Waals surface area contributed by atoms with E-state index in [0.29, 0.717) is 19.8 Å². The van der Waals surface area contributed by atoms with Crippen molar-refractivity contribution in [1.29, 1.82) is 0 Å². The molecule has 0 aromatic heterocycles. The Bertz CT molecular complexity index is 851. The van der Waals surface area contributed by atoms with Crippen LogP contribution in [0.15, 0.2) is 56.7 Å². The van der Waals surface area contributed by atoms with Crippen LogP contribution in [0.1, 0.15) is 32.6 Å². The molecule has 2 aromatic carbocycles. The van der Waals surface area contributed by atoms with E-state index in [4.69, 9.17) is 9.47 Å². The van der Waals surface area contributed by atoms with Crippen LogP contribution in [0.2, 0.25) is 0 Å². The van der Waals surface area contributed by atoms with E-state index in [1.807, 2.05) is 24.3 Å². The summed E-state index contributed by atoms with van der Waals surface area (Å²) in [6.07, 6.45) is 3.74. The van der Waals surface area contributed by atoms with Crippen molar-refractivity contribution in [2.24, 2.45) is 0 Å². The maximum atomic E-state index is 13.5. The van der Waals surface area contributed by atoms with Gasteiger partial charge < -0.3 is 9.47 Å². The first-order valence-corrected chi connectivity index (χ1v) is 11.9. The number of rotatable bonds is 10. The van der Waals surface area contributed by atoms with Crippen molar-refractivity contribution in [3.63, 3.8) is 0 Å². The fourth-order valence-corrected chi connectivity index (χ4v) is 4.88. The maximum Gasteiger partial charge on any atom is 0.323 e. The summed E-state index contributed by atoms with van der Waals surface area (Å²) in [7, 11) is 0. The minimum absolute atomic E-state index is 0.119. The van der Waals surface area contributed by atoms with E-state index in [9.17, 15) is 9.18 Å². The van der Waals surface area contributed by atoms with Crippen LogP contribution >= 0.6 is 27.7 Å². The Kier molecular flexibility index (Phi) is 9.03. The molecule has 1 saturated heterocycles. The van der Waals surface area contributed by atoms with E-state index in [0.717, 1.165) is 52.2 Å². The zero-order chi connectivity index (χ0) is 21.3. The van der Waals surface area contributed by atoms with Gasteiger partial charge in [-0.3, -0.25) is 9.69 Å². The molecule has 3 rings (SSSR count). The molecule has 2 aromatic rings. The average Bonchev–Trinajstić information content (AvgIpc) is 3.18. The van der Waals surface area contributed by atoms with Gasteiger partial charge in [-0.15, -0.1) is 0 Å². The predicted octanol–water partition coefficient (Wildman–Crippen LogP) is 5.93. The molecule has 0 bridgehead atoms. The molecule has 0 saturated carbocycles. The molecule has 4 nitrogen and oxygen atoms in total. The van der Waals surface area contributed by atoms with E-state index >= 15 is 0 Å². The SMILES string of the molecule is CCCCOC(=O)C1CCCN1CCOc1ccc(Br)cc1Sc1cccc(F)c1. The van der Waals surface area contributed by atoms with Crippen LogP contribution in [0.25, 0.3) is 0 Å². The van der Waals surface area contributed by atoms with Crippen molar-refractivity contribution in [2.45, 2.75) is 48.4 Å². The van der Waals surface area contributed by atoms with Crippen LogP contribution in [-0.4, -0.2) is 43.2 Å². The molecule has 0 amide bonds. The minimum atomic E-state index is -0.261. The zero-order valence-electron chi connectivity index (χ0n) is 17.1. The monoisotopic (exact) mass is 495 g/mol. The van der Waals surface area contributed by atoms with E-state index in [2.05, 4.69) is 27.8 Å². The summed E-state index contributed by atoms with van der Waals surface area (Å²) < 4.78 is 25.9. The van der Waals surface area contributed by atoms with Crippen molar-refractivity contribution in [3.05, 3.63) is 52.8 Å². The van der Waals surface area contributed by atoms with Crippen LogP contribution < -0.4 is 4.74 Å². The molecule has 0 spiro atoms. The summed E-state index contributed by atoms with van der Waals surface area (Å²) in [5, 5.41) is 0. The van der Waals surface area contributed by atoms with Gasteiger partial charge in [0.05, 0.1) is 11.5 Å². The number of halogens is 2. The third kappa shape index (κ3) is 6.72. The van der Waals surface area contributed by atoms with Crippen molar-refractivity contribution < 1.29 is 18.7 Å². The number of unbranched alkanes of at least 4 members (excludes halogenated alkanes) is 1. The van der Waals surface area contributed by atoms with Gasteiger partial charge >= 0.3 is 5.97 Å². The lowest BCUT2D eigenvalue weighted by atomic mass is 10.2. The first kappa shape index (κ1) is 23.1. The summed E-state index contributed by atoms with van der Waals surface area (Å²) in [5.41, 5.74) is 0. The normalized spacial score (nSPS) is 16.6. The Morgan fingerprint density at radius 1 is 1.27 bits per heavy atom. The van der Waals surface area contributed by atoms with Crippen molar-refractivity contribution >= 4 is 33.7 Å². The highest BCUT2D eigenvalue weighted by Gasteiger charge is 2.31. The number of hydrogen-bond donors (Lipinski definition) is 0. The number of ether oxygens (including phenoxy) is 2. The summed E-state index contributed by atoms with van der Waals surface area (Å²) in [6, 6.07) is 12.1. The second kappa shape index (κ2) is 11.7. The summed E-state index contributed by atoms with van der Waals surface area (Å²) in [5.74, 6) is 0.365. The second-order valence-corrected chi connectivity index (χ2v) is 9.25. The van der Waals surface area contributed by atoms with Gasteiger partial charge in [0.1, 0.15) is 24.2 Å². The van der Waals surface area contributed by atoms with Crippen molar-refractivity contribution in [1.82, 2.24) is 4.90 Å². The van der Waals surface area contributed by atoms with E-state index < -0.39 is 0 Å². The van der Waals surface area contributed by atoms with Crippen LogP contribution in [0.3, 0.4) is 0 Å². The molecule has 1 unspecified atom stereocenters. The molecule has 162 valence electrons. The van der Waals surface area contributed by atoms with Crippen LogP contribution in [0, 0.1) is 5.82 Å². The first-order chi connectivity index (χ1) is 14.6. The molecular weight excluding hydrogens is 469 g/mol. The van der Waals surface area contributed by atoms with Gasteiger partial charge in [-0.25, -0.2) is 4.39 Å². The molecule has 0 aliphatic carbocycles. The van der Waals surface area contributed by atoms with Crippen molar-refractivity contribution in [2.75, 3.05) is 26.3 Å². The lowest BCUT2D eigenvalue weighted by molar-refractivity contribution is -0.149. The fraction of sp³-hybridized carbons (Fsp3) is 0.435. The highest BCUT2D eigenvalue weighted by molar-refractivity contribution is 9.10. The molecule has 0 N–H and O–H groups in total. The summed E-state index contributed by atoms with van der Waals surface area (Å²) in [6.45, 7) is 4.58. The smallest absolute Gasteiger partial charge is 0.323 e. The van der Waals surface area contributed by atoms with Gasteiger partial charge in [0.25, 0.3) is 0 Å². The number of benzene rings is 2. The third-order valence-corrected chi connectivity index (χ3v) is 6.47. The molecule has 1 atom stereocenters. The van der Waals surface area contributed by atoms with Gasteiger partial charge in [-0.2, -0.15) is 0 Å². The van der Waals surface area contributed by atoms with Gasteiger partial charge in [-0.05, 0) is 62.2 Å². The number of carbonyl (C=O) groups is 1. The number of nitrogens with zero attached hydrogens (tertiary/aromatic N) is 1. The van der Waals surface area contributed by atoms with Crippen LogP contribution in [0.4, 0.5) is 4.39 Å². The molecule has 1 aliphatic rings. The Labute approximate surface area is 190 Å². The third-order valence-electron chi connectivity index (χ3n) is 4.94. The van der Waals surface area contributed by atoms with Crippen LogP contribution in [-0.2, 0) is 9.53 Å². The van der Waals surface area contributed by atoms with E-state index in [1.165, 1.54) is 23.9 Å². The Hall–Kier alpha value is -1.57. The van der Waals surface area contributed by atoms with E-state index in [-0.39, 0.29) is 17.8 Å². The minimum Gasteiger partial charge on any atom is -0.491 e. The molecule has 1 aliphatic heterocycles. The molecule has 30 heavy (non-hydrogen) atoms. The zero-order valence-corrected chi connectivity index (χ0v) is 19.5. The lowest BCUT2D eigenvalue weighted by Gasteiger charge is -2.23. The number of carbonyl (C=O) groups excluding carboxylic acids is 1. The highest BCUT2D eigenvalue weighted by Crippen LogP contribution is 2.37. The van der Waals surface area contributed by atoms with Gasteiger partial charge in [0, 0.05) is 15.9 Å². The molecule has 7 heteroatoms. The first-order valence-electron chi connectivity index (χ1n) is 10.3. The number of esters is 1. The number of likely N-dealkylation sites (tertiary alicyclic amines) is 1. The average molecular weight is 496 g/mol. The largest absolute Gasteiger partial charge is 0.491 e. The molecule has 1 heterocycles. The topological polar surface area (TPSA) is 38.8 Å². The summed E-state index contributed by atoms with van der Waals surface area (Å²) in [4.78, 5) is 16.2. The summed E-state index contributed by atoms with van der Waals surface area (Å²) >= 11 is 4.95. The predicted molar refractivity (Wildman–Crippen MR) is 121 cm³/mol. The van der Waals surface area contributed by atoms with Crippen LogP contribution in [0.5, 0.6) is 5.75 Å². The Balaban J connectivity index is 1.57. The highest BCUT2D eigenvalue weighted by atomic mass is 79.9. The second-order valence-electron chi connectivity index (χ2n) is 7.21. The van der Waals surface area contributed by atoms with Gasteiger partial charge in [0.15, 0.2) is 0 Å². The Morgan fingerprint density at radius 3 is 2.93 bits per heavy atom. The fourth-order valence-electron chi connectivity index (χ4n) is 3.39.